The Hall–Kier alpha value is -4.35. The Bertz CT molecular complexity index is 1470. The summed E-state index contributed by atoms with van der Waals surface area (Å²) in [6.07, 6.45) is 3.11. The lowest BCUT2D eigenvalue weighted by Crippen LogP contribution is -2.47. The van der Waals surface area contributed by atoms with Crippen molar-refractivity contribution in [1.29, 1.82) is 0 Å². The monoisotopic (exact) mass is 535 g/mol. The van der Waals surface area contributed by atoms with Crippen molar-refractivity contribution in [3.8, 4) is 0 Å². The van der Waals surface area contributed by atoms with Crippen LogP contribution in [0.1, 0.15) is 36.1 Å². The van der Waals surface area contributed by atoms with Crippen LogP contribution in [0.5, 0.6) is 0 Å². The summed E-state index contributed by atoms with van der Waals surface area (Å²) in [6, 6.07) is 18.9. The number of rotatable bonds is 9. The summed E-state index contributed by atoms with van der Waals surface area (Å²) < 4.78 is 33.5. The summed E-state index contributed by atoms with van der Waals surface area (Å²) in [6.45, 7) is 1.48. The highest BCUT2D eigenvalue weighted by Crippen LogP contribution is 2.33. The number of ether oxygens (including phenoxy) is 1. The van der Waals surface area contributed by atoms with Crippen LogP contribution in [0.3, 0.4) is 0 Å². The van der Waals surface area contributed by atoms with Crippen LogP contribution in [-0.2, 0) is 31.0 Å². The molecule has 0 aromatic heterocycles. The highest BCUT2D eigenvalue weighted by atomic mass is 32.2. The standard InChI is InChI=1S/C27H25N3O7S/c1-19(28-38(35,36)23-13-11-22(12-14-23)30(33)34)27(32)29-16-15-21-9-5-6-10-24(21)25(29)17-26(31)37-18-20-7-3-2-4-8-20/h2-16,19,25,28H,17-18H2,1H3/t19-,25?/m0/s1. The van der Waals surface area contributed by atoms with Gasteiger partial charge in [-0.15, -0.1) is 0 Å². The molecule has 1 amide bonds. The second-order valence-electron chi connectivity index (χ2n) is 8.65. The zero-order valence-electron chi connectivity index (χ0n) is 20.4. The van der Waals surface area contributed by atoms with E-state index in [4.69, 9.17) is 4.74 Å². The molecule has 3 aromatic carbocycles. The number of nitro groups is 1. The predicted molar refractivity (Wildman–Crippen MR) is 139 cm³/mol. The number of nitrogens with one attached hydrogen (secondary N) is 1. The van der Waals surface area contributed by atoms with Gasteiger partial charge in [0.05, 0.1) is 28.3 Å². The third-order valence-corrected chi connectivity index (χ3v) is 7.58. The maximum absolute atomic E-state index is 13.4. The molecule has 10 nitrogen and oxygen atoms in total. The molecule has 2 atom stereocenters. The van der Waals surface area contributed by atoms with Gasteiger partial charge in [0.1, 0.15) is 6.61 Å². The van der Waals surface area contributed by atoms with E-state index in [0.717, 1.165) is 41.0 Å². The Morgan fingerprint density at radius 3 is 2.37 bits per heavy atom. The molecule has 0 bridgehead atoms. The molecule has 0 fully saturated rings. The van der Waals surface area contributed by atoms with Gasteiger partial charge in [-0.2, -0.15) is 4.72 Å². The van der Waals surface area contributed by atoms with Crippen LogP contribution in [-0.4, -0.2) is 36.2 Å². The van der Waals surface area contributed by atoms with Crippen LogP contribution in [0, 0.1) is 10.1 Å². The first-order valence-corrected chi connectivity index (χ1v) is 13.2. The molecule has 1 aliphatic rings. The topological polar surface area (TPSA) is 136 Å². The summed E-state index contributed by atoms with van der Waals surface area (Å²) in [4.78, 5) is 37.6. The molecule has 1 N–H and O–H groups in total. The Kier molecular flexibility index (Phi) is 7.99. The fraction of sp³-hybridized carbons (Fsp3) is 0.185. The molecule has 1 unspecified atom stereocenters. The first-order valence-electron chi connectivity index (χ1n) is 11.7. The molecule has 0 radical (unpaired) electrons. The molecular weight excluding hydrogens is 510 g/mol. The normalized spacial score (nSPS) is 15.4. The lowest BCUT2D eigenvalue weighted by atomic mass is 9.93. The summed E-state index contributed by atoms with van der Waals surface area (Å²) >= 11 is 0. The van der Waals surface area contributed by atoms with Crippen molar-refractivity contribution in [2.45, 2.75) is 36.9 Å². The highest BCUT2D eigenvalue weighted by molar-refractivity contribution is 7.89. The maximum atomic E-state index is 13.4. The SMILES string of the molecule is C[C@H](NS(=O)(=O)c1ccc([N+](=O)[O-])cc1)C(=O)N1C=Cc2ccccc2C1CC(=O)OCc1ccccc1. The molecule has 0 aliphatic carbocycles. The number of carbonyl (C=O) groups excluding carboxylic acids is 2. The Morgan fingerprint density at radius 1 is 1.03 bits per heavy atom. The lowest BCUT2D eigenvalue weighted by Gasteiger charge is -2.34. The first-order chi connectivity index (χ1) is 18.2. The number of esters is 1. The van der Waals surface area contributed by atoms with Gasteiger partial charge >= 0.3 is 5.97 Å². The number of benzene rings is 3. The molecule has 196 valence electrons. The van der Waals surface area contributed by atoms with Crippen molar-refractivity contribution in [3.05, 3.63) is 112 Å². The van der Waals surface area contributed by atoms with Crippen LogP contribution in [0.25, 0.3) is 6.08 Å². The Labute approximate surface area is 219 Å². The summed E-state index contributed by atoms with van der Waals surface area (Å²) in [5.41, 5.74) is 2.13. The molecular formula is C27H25N3O7S. The molecule has 4 rings (SSSR count). The fourth-order valence-electron chi connectivity index (χ4n) is 4.09. The van der Waals surface area contributed by atoms with Gasteiger partial charge in [-0.05, 0) is 41.8 Å². The van der Waals surface area contributed by atoms with Gasteiger partial charge in [-0.25, -0.2) is 8.42 Å². The van der Waals surface area contributed by atoms with Gasteiger partial charge in [0, 0.05) is 18.3 Å². The predicted octanol–water partition coefficient (Wildman–Crippen LogP) is 3.95. The van der Waals surface area contributed by atoms with Crippen molar-refractivity contribution in [1.82, 2.24) is 9.62 Å². The number of amides is 1. The number of nitrogens with zero attached hydrogens (tertiary/aromatic N) is 2. The minimum absolute atomic E-state index is 0.0866. The second kappa shape index (κ2) is 11.4. The fourth-order valence-corrected chi connectivity index (χ4v) is 5.29. The number of non-ortho nitro benzene ring substituents is 1. The van der Waals surface area contributed by atoms with Crippen molar-refractivity contribution < 1.29 is 27.7 Å². The van der Waals surface area contributed by atoms with E-state index < -0.39 is 38.9 Å². The third kappa shape index (κ3) is 6.13. The average Bonchev–Trinajstić information content (AvgIpc) is 2.92. The van der Waals surface area contributed by atoms with Crippen LogP contribution in [0.2, 0.25) is 0 Å². The smallest absolute Gasteiger partial charge is 0.308 e. The average molecular weight is 536 g/mol. The van der Waals surface area contributed by atoms with E-state index in [1.165, 1.54) is 18.0 Å². The third-order valence-electron chi connectivity index (χ3n) is 6.02. The maximum Gasteiger partial charge on any atom is 0.308 e. The quantitative estimate of drug-likeness (QED) is 0.249. The van der Waals surface area contributed by atoms with Crippen molar-refractivity contribution in [3.63, 3.8) is 0 Å². The van der Waals surface area contributed by atoms with E-state index >= 15 is 0 Å². The van der Waals surface area contributed by atoms with Crippen molar-refractivity contribution >= 4 is 33.7 Å². The number of sulfonamides is 1. The number of carbonyl (C=O) groups is 2. The number of fused-ring (bicyclic) bond motifs is 1. The molecule has 38 heavy (non-hydrogen) atoms. The minimum atomic E-state index is -4.16. The van der Waals surface area contributed by atoms with Gasteiger partial charge in [0.15, 0.2) is 0 Å². The van der Waals surface area contributed by atoms with E-state index in [1.807, 2.05) is 42.5 Å². The summed E-state index contributed by atoms with van der Waals surface area (Å²) in [5, 5.41) is 10.9. The van der Waals surface area contributed by atoms with E-state index in [1.54, 1.807) is 18.2 Å². The second-order valence-corrected chi connectivity index (χ2v) is 10.4. The molecule has 0 saturated heterocycles. The molecule has 11 heteroatoms. The highest BCUT2D eigenvalue weighted by Gasteiger charge is 2.34. The van der Waals surface area contributed by atoms with Crippen LogP contribution in [0.4, 0.5) is 5.69 Å². The van der Waals surface area contributed by atoms with Gasteiger partial charge in [0.25, 0.3) is 5.69 Å². The van der Waals surface area contributed by atoms with E-state index in [-0.39, 0.29) is 23.6 Å². The van der Waals surface area contributed by atoms with Crippen molar-refractivity contribution in [2.75, 3.05) is 0 Å². The summed E-state index contributed by atoms with van der Waals surface area (Å²) in [5.74, 6) is -1.09. The number of nitro benzene ring substituents is 1. The summed E-state index contributed by atoms with van der Waals surface area (Å²) in [7, 11) is -4.16. The van der Waals surface area contributed by atoms with Crippen LogP contribution >= 0.6 is 0 Å². The largest absolute Gasteiger partial charge is 0.461 e. The van der Waals surface area contributed by atoms with E-state index in [2.05, 4.69) is 4.72 Å². The molecule has 1 aliphatic heterocycles. The minimum Gasteiger partial charge on any atom is -0.461 e. The van der Waals surface area contributed by atoms with Gasteiger partial charge < -0.3 is 9.64 Å². The van der Waals surface area contributed by atoms with Gasteiger partial charge in [0.2, 0.25) is 15.9 Å². The van der Waals surface area contributed by atoms with Crippen molar-refractivity contribution in [2.24, 2.45) is 0 Å². The molecule has 3 aromatic rings. The zero-order chi connectivity index (χ0) is 27.3. The Balaban J connectivity index is 1.51. The van der Waals surface area contributed by atoms with Crippen LogP contribution < -0.4 is 4.72 Å². The molecule has 0 spiro atoms. The van der Waals surface area contributed by atoms with E-state index in [0.29, 0.717) is 0 Å². The Morgan fingerprint density at radius 2 is 1.68 bits per heavy atom. The molecule has 1 heterocycles. The van der Waals surface area contributed by atoms with Crippen LogP contribution in [0.15, 0.2) is 90.0 Å². The van der Waals surface area contributed by atoms with Gasteiger partial charge in [-0.3, -0.25) is 19.7 Å². The first kappa shape index (κ1) is 26.7. The van der Waals surface area contributed by atoms with E-state index in [9.17, 15) is 28.1 Å². The number of hydrogen-bond acceptors (Lipinski definition) is 7. The molecule has 0 saturated carbocycles. The lowest BCUT2D eigenvalue weighted by molar-refractivity contribution is -0.384. The zero-order valence-corrected chi connectivity index (χ0v) is 21.2. The van der Waals surface area contributed by atoms with Gasteiger partial charge in [-0.1, -0.05) is 54.6 Å². The number of hydrogen-bond donors (Lipinski definition) is 1.